The van der Waals surface area contributed by atoms with Gasteiger partial charge < -0.3 is 4.57 Å². The lowest BCUT2D eigenvalue weighted by Crippen LogP contribution is -1.93. The Bertz CT molecular complexity index is 2130. The van der Waals surface area contributed by atoms with E-state index in [1.54, 1.807) is 0 Å². The minimum atomic E-state index is 1.18. The van der Waals surface area contributed by atoms with Crippen molar-refractivity contribution in [3.63, 3.8) is 0 Å². The monoisotopic (exact) mass is 469 g/mol. The number of benzene rings is 7. The molecule has 0 aliphatic carbocycles. The average molecular weight is 470 g/mol. The summed E-state index contributed by atoms with van der Waals surface area (Å²) in [6.07, 6.45) is 0. The maximum atomic E-state index is 2.40. The first-order valence-corrected chi connectivity index (χ1v) is 12.8. The predicted molar refractivity (Wildman–Crippen MR) is 159 cm³/mol. The molecule has 0 aliphatic rings. The van der Waals surface area contributed by atoms with Gasteiger partial charge in [-0.15, -0.1) is 0 Å². The fourth-order valence-corrected chi connectivity index (χ4v) is 6.09. The Hall–Kier alpha value is -4.88. The number of fused-ring (bicyclic) bond motifs is 8. The van der Waals surface area contributed by atoms with Gasteiger partial charge in [-0.1, -0.05) is 109 Å². The van der Waals surface area contributed by atoms with E-state index in [0.29, 0.717) is 0 Å². The zero-order chi connectivity index (χ0) is 24.3. The minimum absolute atomic E-state index is 1.18. The van der Waals surface area contributed by atoms with Crippen LogP contribution in [0.15, 0.2) is 140 Å². The van der Waals surface area contributed by atoms with E-state index < -0.39 is 0 Å². The lowest BCUT2D eigenvalue weighted by Gasteiger charge is -2.14. The zero-order valence-electron chi connectivity index (χ0n) is 20.2. The third-order valence-electron chi connectivity index (χ3n) is 7.77. The van der Waals surface area contributed by atoms with Gasteiger partial charge in [-0.25, -0.2) is 0 Å². The second-order valence-corrected chi connectivity index (χ2v) is 9.77. The molecule has 0 spiro atoms. The molecule has 0 unspecified atom stereocenters. The standard InChI is InChI=1S/C36H23N/c1-2-11-26(12-3-1)37-35-17-9-8-16-31(35)32-21-19-25(22-36(32)37)33-23-34-27-13-5-4-10-24(27)18-20-30(34)28-14-6-7-15-29(28)33/h1-23H. The molecule has 0 atom stereocenters. The van der Waals surface area contributed by atoms with Crippen LogP contribution in [0.25, 0.3) is 70.9 Å². The summed E-state index contributed by atoms with van der Waals surface area (Å²) in [6, 6.07) is 50.8. The zero-order valence-corrected chi connectivity index (χ0v) is 20.2. The van der Waals surface area contributed by atoms with Gasteiger partial charge in [-0.2, -0.15) is 0 Å². The fourth-order valence-electron chi connectivity index (χ4n) is 6.09. The SMILES string of the molecule is c1ccc(-n2c3ccccc3c3ccc(-c4cc5c6ccccc6ccc5c5ccccc45)cc32)cc1. The van der Waals surface area contributed by atoms with Crippen LogP contribution >= 0.6 is 0 Å². The molecule has 0 saturated carbocycles. The molecule has 1 heteroatoms. The van der Waals surface area contributed by atoms with Gasteiger partial charge in [0.25, 0.3) is 0 Å². The quantitative estimate of drug-likeness (QED) is 0.222. The van der Waals surface area contributed by atoms with E-state index in [4.69, 9.17) is 0 Å². The summed E-state index contributed by atoms with van der Waals surface area (Å²) in [6.45, 7) is 0. The summed E-state index contributed by atoms with van der Waals surface area (Å²) >= 11 is 0. The first-order valence-electron chi connectivity index (χ1n) is 12.8. The highest BCUT2D eigenvalue weighted by Crippen LogP contribution is 2.40. The minimum Gasteiger partial charge on any atom is -0.309 e. The Kier molecular flexibility index (Phi) is 4.29. The van der Waals surface area contributed by atoms with Gasteiger partial charge in [0.05, 0.1) is 11.0 Å². The highest BCUT2D eigenvalue weighted by molar-refractivity contribution is 6.21. The molecule has 172 valence electrons. The predicted octanol–water partition coefficient (Wildman–Crippen LogP) is 9.91. The first kappa shape index (κ1) is 20.3. The van der Waals surface area contributed by atoms with Crippen molar-refractivity contribution in [2.24, 2.45) is 0 Å². The van der Waals surface area contributed by atoms with Gasteiger partial charge in [0.15, 0.2) is 0 Å². The van der Waals surface area contributed by atoms with Crippen LogP contribution in [-0.4, -0.2) is 4.57 Å². The van der Waals surface area contributed by atoms with E-state index in [0.717, 1.165) is 0 Å². The number of hydrogen-bond acceptors (Lipinski definition) is 0. The molecule has 0 saturated heterocycles. The van der Waals surface area contributed by atoms with Crippen molar-refractivity contribution in [1.82, 2.24) is 4.57 Å². The molecular formula is C36H23N. The van der Waals surface area contributed by atoms with Crippen molar-refractivity contribution in [2.45, 2.75) is 0 Å². The normalized spacial score (nSPS) is 11.8. The smallest absolute Gasteiger partial charge is 0.0547 e. The molecule has 1 nitrogen and oxygen atoms in total. The fraction of sp³-hybridized carbons (Fsp3) is 0. The van der Waals surface area contributed by atoms with Crippen molar-refractivity contribution >= 4 is 54.1 Å². The number of para-hydroxylation sites is 2. The maximum Gasteiger partial charge on any atom is 0.0547 e. The molecule has 37 heavy (non-hydrogen) atoms. The summed E-state index contributed by atoms with van der Waals surface area (Å²) in [5, 5.41) is 10.3. The Balaban J connectivity index is 1.50. The lowest BCUT2D eigenvalue weighted by atomic mass is 9.90. The summed E-state index contributed by atoms with van der Waals surface area (Å²) in [5.41, 5.74) is 6.15. The largest absolute Gasteiger partial charge is 0.309 e. The third-order valence-corrected chi connectivity index (χ3v) is 7.77. The Labute approximate surface area is 214 Å². The van der Waals surface area contributed by atoms with E-state index in [1.807, 2.05) is 0 Å². The summed E-state index contributed by atoms with van der Waals surface area (Å²) in [4.78, 5) is 0. The van der Waals surface area contributed by atoms with E-state index in [2.05, 4.69) is 144 Å². The average Bonchev–Trinajstić information content (AvgIpc) is 3.30. The van der Waals surface area contributed by atoms with Crippen LogP contribution in [0.3, 0.4) is 0 Å². The van der Waals surface area contributed by atoms with Crippen LogP contribution in [0.2, 0.25) is 0 Å². The molecule has 8 aromatic rings. The second-order valence-electron chi connectivity index (χ2n) is 9.77. The summed E-state index contributed by atoms with van der Waals surface area (Å²) < 4.78 is 2.40. The van der Waals surface area contributed by atoms with Crippen molar-refractivity contribution in [3.8, 4) is 16.8 Å². The van der Waals surface area contributed by atoms with Gasteiger partial charge in [0.1, 0.15) is 0 Å². The molecule has 0 amide bonds. The van der Waals surface area contributed by atoms with Crippen LogP contribution in [0, 0.1) is 0 Å². The van der Waals surface area contributed by atoms with Crippen LogP contribution in [-0.2, 0) is 0 Å². The van der Waals surface area contributed by atoms with Gasteiger partial charge in [-0.3, -0.25) is 0 Å². The van der Waals surface area contributed by atoms with Crippen LogP contribution in [0.1, 0.15) is 0 Å². The number of rotatable bonds is 2. The number of nitrogens with zero attached hydrogens (tertiary/aromatic N) is 1. The topological polar surface area (TPSA) is 4.93 Å². The molecule has 1 aromatic heterocycles. The van der Waals surface area contributed by atoms with Crippen molar-refractivity contribution in [3.05, 3.63) is 140 Å². The molecular weight excluding hydrogens is 446 g/mol. The van der Waals surface area contributed by atoms with Crippen molar-refractivity contribution < 1.29 is 0 Å². The summed E-state index contributed by atoms with van der Waals surface area (Å²) in [5.74, 6) is 0. The molecule has 0 N–H and O–H groups in total. The van der Waals surface area contributed by atoms with Gasteiger partial charge >= 0.3 is 0 Å². The molecule has 8 rings (SSSR count). The van der Waals surface area contributed by atoms with E-state index in [9.17, 15) is 0 Å². The molecule has 0 bridgehead atoms. The van der Waals surface area contributed by atoms with Gasteiger partial charge in [-0.05, 0) is 73.8 Å². The van der Waals surface area contributed by atoms with Crippen LogP contribution in [0.5, 0.6) is 0 Å². The Morgan fingerprint density at radius 1 is 0.351 bits per heavy atom. The van der Waals surface area contributed by atoms with E-state index in [-0.39, 0.29) is 0 Å². The molecule has 0 radical (unpaired) electrons. The van der Waals surface area contributed by atoms with E-state index >= 15 is 0 Å². The van der Waals surface area contributed by atoms with Gasteiger partial charge in [0.2, 0.25) is 0 Å². The lowest BCUT2D eigenvalue weighted by molar-refractivity contribution is 1.18. The van der Waals surface area contributed by atoms with E-state index in [1.165, 1.54) is 70.9 Å². The number of hydrogen-bond donors (Lipinski definition) is 0. The van der Waals surface area contributed by atoms with Gasteiger partial charge in [0, 0.05) is 16.5 Å². The molecule has 7 aromatic carbocycles. The second kappa shape index (κ2) is 7.81. The Morgan fingerprint density at radius 3 is 1.84 bits per heavy atom. The molecule has 1 heterocycles. The number of aromatic nitrogens is 1. The highest BCUT2D eigenvalue weighted by Gasteiger charge is 2.15. The molecule has 0 aliphatic heterocycles. The van der Waals surface area contributed by atoms with Crippen LogP contribution < -0.4 is 0 Å². The maximum absolute atomic E-state index is 2.40. The summed E-state index contributed by atoms with van der Waals surface area (Å²) in [7, 11) is 0. The van der Waals surface area contributed by atoms with Crippen molar-refractivity contribution in [2.75, 3.05) is 0 Å². The van der Waals surface area contributed by atoms with Crippen molar-refractivity contribution in [1.29, 1.82) is 0 Å². The first-order chi connectivity index (χ1) is 18.4. The van der Waals surface area contributed by atoms with Crippen LogP contribution in [0.4, 0.5) is 0 Å². The Morgan fingerprint density at radius 2 is 0.973 bits per heavy atom. The highest BCUT2D eigenvalue weighted by atomic mass is 15.0. The third kappa shape index (κ3) is 2.98. The molecule has 0 fully saturated rings.